The number of rotatable bonds is 4. The first kappa shape index (κ1) is 13.1. The molecule has 5 heteroatoms. The molecule has 0 radical (unpaired) electrons. The summed E-state index contributed by atoms with van der Waals surface area (Å²) in [5.41, 5.74) is 0. The molecule has 2 heterocycles. The van der Waals surface area contributed by atoms with Crippen molar-refractivity contribution in [3.8, 4) is 0 Å². The molecule has 0 aliphatic carbocycles. The molecule has 0 spiro atoms. The monoisotopic (exact) mass is 317 g/mol. The van der Waals surface area contributed by atoms with Crippen LogP contribution < -0.4 is 5.32 Å². The molecule has 0 bridgehead atoms. The van der Waals surface area contributed by atoms with Gasteiger partial charge in [0.2, 0.25) is 0 Å². The van der Waals surface area contributed by atoms with Gasteiger partial charge in [-0.15, -0.1) is 11.3 Å². The van der Waals surface area contributed by atoms with Crippen LogP contribution in [0.3, 0.4) is 0 Å². The maximum absolute atomic E-state index is 11.9. The number of amides is 1. The van der Waals surface area contributed by atoms with Gasteiger partial charge in [0.15, 0.2) is 0 Å². The summed E-state index contributed by atoms with van der Waals surface area (Å²) in [6.07, 6.45) is 2.37. The van der Waals surface area contributed by atoms with E-state index in [0.29, 0.717) is 18.6 Å². The molecule has 1 aliphatic rings. The first-order valence-corrected chi connectivity index (χ1v) is 7.52. The Bertz CT molecular complexity index is 394. The van der Waals surface area contributed by atoms with Crippen LogP contribution >= 0.6 is 27.3 Å². The van der Waals surface area contributed by atoms with E-state index in [4.69, 9.17) is 4.74 Å². The van der Waals surface area contributed by atoms with Gasteiger partial charge in [0.05, 0.1) is 6.10 Å². The molecule has 1 aromatic heterocycles. The molecule has 2 unspecified atom stereocenters. The molecule has 2 atom stereocenters. The molecule has 1 fully saturated rings. The summed E-state index contributed by atoms with van der Waals surface area (Å²) in [4.78, 5) is 12.7. The lowest BCUT2D eigenvalue weighted by atomic mass is 10.00. The lowest BCUT2D eigenvalue weighted by molar-refractivity contribution is 0.0828. The van der Waals surface area contributed by atoms with Crippen LogP contribution in [0.25, 0.3) is 0 Å². The van der Waals surface area contributed by atoms with E-state index < -0.39 is 0 Å². The van der Waals surface area contributed by atoms with Gasteiger partial charge in [-0.25, -0.2) is 0 Å². The second-order valence-electron chi connectivity index (χ2n) is 4.17. The summed E-state index contributed by atoms with van der Waals surface area (Å²) >= 11 is 4.83. The van der Waals surface area contributed by atoms with Gasteiger partial charge in [0, 0.05) is 23.5 Å². The lowest BCUT2D eigenvalue weighted by Crippen LogP contribution is -2.32. The maximum atomic E-state index is 11.9. The number of nitrogens with one attached hydrogen (secondary N) is 1. The molecule has 1 saturated heterocycles. The van der Waals surface area contributed by atoms with Crippen LogP contribution in [0.1, 0.15) is 29.4 Å². The average Bonchev–Trinajstić information content (AvgIpc) is 2.94. The minimum Gasteiger partial charge on any atom is -0.378 e. The molecule has 1 N–H and O–H groups in total. The van der Waals surface area contributed by atoms with E-state index in [1.54, 1.807) is 0 Å². The topological polar surface area (TPSA) is 38.3 Å². The molecular weight excluding hydrogens is 302 g/mol. The zero-order chi connectivity index (χ0) is 12.3. The Morgan fingerprint density at radius 1 is 1.71 bits per heavy atom. The number of ether oxygens (including phenoxy) is 1. The van der Waals surface area contributed by atoms with Crippen LogP contribution in [0.4, 0.5) is 0 Å². The number of halogens is 1. The second-order valence-corrected chi connectivity index (χ2v) is 5.94. The zero-order valence-corrected chi connectivity index (χ0v) is 12.1. The third-order valence-corrected chi connectivity index (χ3v) is 4.93. The summed E-state index contributed by atoms with van der Waals surface area (Å²) < 4.78 is 6.47. The Morgan fingerprint density at radius 2 is 2.53 bits per heavy atom. The summed E-state index contributed by atoms with van der Waals surface area (Å²) in [6.45, 7) is 3.66. The van der Waals surface area contributed by atoms with Gasteiger partial charge >= 0.3 is 0 Å². The molecule has 1 aliphatic heterocycles. The highest BCUT2D eigenvalue weighted by Gasteiger charge is 2.27. The summed E-state index contributed by atoms with van der Waals surface area (Å²) in [5.74, 6) is 0.469. The Morgan fingerprint density at radius 3 is 3.18 bits per heavy atom. The highest BCUT2D eigenvalue weighted by Crippen LogP contribution is 2.24. The Balaban J connectivity index is 1.86. The van der Waals surface area contributed by atoms with Gasteiger partial charge in [0.1, 0.15) is 4.88 Å². The molecule has 1 amide bonds. The number of thiophene rings is 1. The number of hydrogen-bond acceptors (Lipinski definition) is 3. The first-order valence-electron chi connectivity index (χ1n) is 5.85. The third kappa shape index (κ3) is 3.09. The molecule has 2 rings (SSSR count). The quantitative estimate of drug-likeness (QED) is 0.926. The van der Waals surface area contributed by atoms with Crippen LogP contribution in [0.15, 0.2) is 15.9 Å². The number of carbonyl (C=O) groups is 1. The van der Waals surface area contributed by atoms with Gasteiger partial charge in [-0.3, -0.25) is 4.79 Å². The van der Waals surface area contributed by atoms with E-state index in [2.05, 4.69) is 28.2 Å². The highest BCUT2D eigenvalue weighted by atomic mass is 79.9. The van der Waals surface area contributed by atoms with Crippen molar-refractivity contribution in [1.29, 1.82) is 0 Å². The fraction of sp³-hybridized carbons (Fsp3) is 0.583. The molecule has 0 saturated carbocycles. The van der Waals surface area contributed by atoms with Crippen molar-refractivity contribution in [2.24, 2.45) is 5.92 Å². The molecule has 3 nitrogen and oxygen atoms in total. The predicted molar refractivity (Wildman–Crippen MR) is 72.5 cm³/mol. The van der Waals surface area contributed by atoms with Gasteiger partial charge in [0.25, 0.3) is 5.91 Å². The predicted octanol–water partition coefficient (Wildman–Crippen LogP) is 3.06. The van der Waals surface area contributed by atoms with E-state index in [0.717, 1.165) is 28.8 Å². The Kier molecular flexibility index (Phi) is 4.59. The van der Waals surface area contributed by atoms with E-state index in [-0.39, 0.29) is 5.91 Å². The van der Waals surface area contributed by atoms with Gasteiger partial charge in [-0.2, -0.15) is 0 Å². The molecule has 0 aromatic carbocycles. The van der Waals surface area contributed by atoms with E-state index in [1.807, 2.05) is 11.4 Å². The fourth-order valence-corrected chi connectivity index (χ4v) is 3.60. The molecular formula is C12H16BrNO2S. The van der Waals surface area contributed by atoms with Crippen molar-refractivity contribution in [2.75, 3.05) is 13.2 Å². The zero-order valence-electron chi connectivity index (χ0n) is 9.74. The van der Waals surface area contributed by atoms with E-state index >= 15 is 0 Å². The van der Waals surface area contributed by atoms with E-state index in [9.17, 15) is 4.79 Å². The smallest absolute Gasteiger partial charge is 0.262 e. The third-order valence-electron chi connectivity index (χ3n) is 3.10. The van der Waals surface area contributed by atoms with Gasteiger partial charge < -0.3 is 10.1 Å². The Hall–Kier alpha value is -0.390. The fourth-order valence-electron chi connectivity index (χ4n) is 2.14. The lowest BCUT2D eigenvalue weighted by Gasteiger charge is -2.16. The van der Waals surface area contributed by atoms with Crippen molar-refractivity contribution in [2.45, 2.75) is 25.9 Å². The van der Waals surface area contributed by atoms with Crippen molar-refractivity contribution in [3.05, 3.63) is 20.8 Å². The second kappa shape index (κ2) is 5.98. The van der Waals surface area contributed by atoms with Crippen molar-refractivity contribution >= 4 is 33.2 Å². The largest absolute Gasteiger partial charge is 0.378 e. The average molecular weight is 318 g/mol. The van der Waals surface area contributed by atoms with Crippen LogP contribution in [-0.4, -0.2) is 25.2 Å². The van der Waals surface area contributed by atoms with Crippen molar-refractivity contribution in [3.63, 3.8) is 0 Å². The van der Waals surface area contributed by atoms with Gasteiger partial charge in [-0.05, 0) is 40.2 Å². The minimum absolute atomic E-state index is 0.00799. The number of hydrogen-bond donors (Lipinski definition) is 1. The summed E-state index contributed by atoms with van der Waals surface area (Å²) in [5, 5.41) is 4.90. The minimum atomic E-state index is 0.00799. The normalized spacial score (nSPS) is 23.9. The number of carbonyl (C=O) groups excluding carboxylic acids is 1. The molecule has 94 valence electrons. The molecule has 17 heavy (non-hydrogen) atoms. The SMILES string of the molecule is CCC1OCCC1CNC(=O)c1sccc1Br. The first-order chi connectivity index (χ1) is 8.22. The van der Waals surface area contributed by atoms with Crippen LogP contribution in [0.5, 0.6) is 0 Å². The van der Waals surface area contributed by atoms with Crippen LogP contribution in [0.2, 0.25) is 0 Å². The van der Waals surface area contributed by atoms with Crippen LogP contribution in [0, 0.1) is 5.92 Å². The highest BCUT2D eigenvalue weighted by molar-refractivity contribution is 9.10. The van der Waals surface area contributed by atoms with Crippen LogP contribution in [-0.2, 0) is 4.74 Å². The summed E-state index contributed by atoms with van der Waals surface area (Å²) in [6, 6.07) is 1.90. The summed E-state index contributed by atoms with van der Waals surface area (Å²) in [7, 11) is 0. The maximum Gasteiger partial charge on any atom is 0.262 e. The van der Waals surface area contributed by atoms with Crippen molar-refractivity contribution in [1.82, 2.24) is 5.32 Å². The molecule has 1 aromatic rings. The standard InChI is InChI=1S/C12H16BrNO2S/c1-2-10-8(3-5-16-10)7-14-12(15)11-9(13)4-6-17-11/h4,6,8,10H,2-3,5,7H2,1H3,(H,14,15). The van der Waals surface area contributed by atoms with Crippen molar-refractivity contribution < 1.29 is 9.53 Å². The Labute approximate surface area is 114 Å². The van der Waals surface area contributed by atoms with Gasteiger partial charge in [-0.1, -0.05) is 6.92 Å². The van der Waals surface area contributed by atoms with E-state index in [1.165, 1.54) is 11.3 Å².